The summed E-state index contributed by atoms with van der Waals surface area (Å²) in [7, 11) is 0. The maximum absolute atomic E-state index is 13.4. The topological polar surface area (TPSA) is 20.2 Å². The van der Waals surface area contributed by atoms with Crippen molar-refractivity contribution in [2.75, 3.05) is 0 Å². The van der Waals surface area contributed by atoms with Gasteiger partial charge in [-0.05, 0) is 18.6 Å². The van der Waals surface area contributed by atoms with Gasteiger partial charge in [0.05, 0.1) is 6.10 Å². The summed E-state index contributed by atoms with van der Waals surface area (Å²) in [6.45, 7) is 0.757. The van der Waals surface area contributed by atoms with E-state index in [1.165, 1.54) is 0 Å². The monoisotopic (exact) mass is 358 g/mol. The molecular formula is C12H8F10O. The molecule has 0 fully saturated rings. The van der Waals surface area contributed by atoms with Crippen LogP contribution < -0.4 is 0 Å². The molecule has 1 atom stereocenters. The van der Waals surface area contributed by atoms with E-state index in [0.717, 1.165) is 6.92 Å². The fraction of sp³-hybridized carbons (Fsp3) is 0.500. The number of hydrogen-bond donors (Lipinski definition) is 1. The fourth-order valence-corrected chi connectivity index (χ4v) is 1.70. The van der Waals surface area contributed by atoms with Gasteiger partial charge in [0.2, 0.25) is 0 Å². The Morgan fingerprint density at radius 1 is 0.783 bits per heavy atom. The van der Waals surface area contributed by atoms with Crippen molar-refractivity contribution in [1.29, 1.82) is 0 Å². The molecule has 0 amide bonds. The average molecular weight is 358 g/mol. The zero-order chi connectivity index (χ0) is 18.4. The van der Waals surface area contributed by atoms with Gasteiger partial charge in [0.15, 0.2) is 0 Å². The van der Waals surface area contributed by atoms with Crippen molar-refractivity contribution in [3.8, 4) is 0 Å². The highest BCUT2D eigenvalue weighted by molar-refractivity contribution is 5.39. The highest BCUT2D eigenvalue weighted by Crippen LogP contribution is 2.49. The second kappa shape index (κ2) is 5.53. The first-order valence-electron chi connectivity index (χ1n) is 5.75. The van der Waals surface area contributed by atoms with Crippen LogP contribution in [0.2, 0.25) is 0 Å². The van der Waals surface area contributed by atoms with E-state index >= 15 is 0 Å². The van der Waals surface area contributed by atoms with E-state index in [1.807, 2.05) is 0 Å². The molecule has 0 spiro atoms. The zero-order valence-electron chi connectivity index (χ0n) is 11.0. The Bertz CT molecular complexity index is 570. The first-order chi connectivity index (χ1) is 10.0. The number of aliphatic hydroxyl groups is 1. The van der Waals surface area contributed by atoms with E-state index in [9.17, 15) is 49.0 Å². The van der Waals surface area contributed by atoms with Crippen LogP contribution in [0, 0.1) is 0 Å². The summed E-state index contributed by atoms with van der Waals surface area (Å²) >= 11 is 0. The van der Waals surface area contributed by atoms with Crippen molar-refractivity contribution in [2.45, 2.75) is 37.2 Å². The first-order valence-corrected chi connectivity index (χ1v) is 5.75. The van der Waals surface area contributed by atoms with Crippen LogP contribution in [0.3, 0.4) is 0 Å². The van der Waals surface area contributed by atoms with Crippen molar-refractivity contribution in [3.63, 3.8) is 0 Å². The number of rotatable bonds is 3. The predicted molar refractivity (Wildman–Crippen MR) is 57.0 cm³/mol. The summed E-state index contributed by atoms with van der Waals surface area (Å²) in [5.74, 6) is -11.4. The van der Waals surface area contributed by atoms with E-state index < -0.39 is 53.1 Å². The highest BCUT2D eigenvalue weighted by atomic mass is 19.4. The molecule has 0 aliphatic rings. The Kier molecular flexibility index (Phi) is 4.70. The van der Waals surface area contributed by atoms with Crippen molar-refractivity contribution in [1.82, 2.24) is 0 Å². The Balaban J connectivity index is 3.65. The van der Waals surface area contributed by atoms with E-state index in [2.05, 4.69) is 0 Å². The molecule has 1 unspecified atom stereocenters. The van der Waals surface area contributed by atoms with Gasteiger partial charge in [-0.25, -0.2) is 0 Å². The molecule has 0 saturated heterocycles. The third-order valence-corrected chi connectivity index (χ3v) is 2.92. The van der Waals surface area contributed by atoms with Crippen LogP contribution in [0.15, 0.2) is 18.2 Å². The van der Waals surface area contributed by atoms with Gasteiger partial charge in [0.1, 0.15) is 0 Å². The molecule has 0 radical (unpaired) electrons. The molecular weight excluding hydrogens is 350 g/mol. The van der Waals surface area contributed by atoms with Gasteiger partial charge in [-0.1, -0.05) is 12.1 Å². The van der Waals surface area contributed by atoms with Gasteiger partial charge in [-0.2, -0.15) is 43.9 Å². The van der Waals surface area contributed by atoms with Crippen molar-refractivity contribution < 1.29 is 49.0 Å². The predicted octanol–water partition coefficient (Wildman–Crippen LogP) is 5.05. The van der Waals surface area contributed by atoms with E-state index in [4.69, 9.17) is 0 Å². The lowest BCUT2D eigenvalue weighted by Crippen LogP contribution is -2.37. The molecule has 0 bridgehead atoms. The molecule has 0 aliphatic carbocycles. The van der Waals surface area contributed by atoms with Crippen molar-refractivity contribution in [3.05, 3.63) is 34.9 Å². The van der Waals surface area contributed by atoms with Crippen LogP contribution in [-0.2, 0) is 11.8 Å². The van der Waals surface area contributed by atoms with E-state index in [1.54, 1.807) is 0 Å². The molecule has 11 heteroatoms. The number of benzene rings is 1. The van der Waals surface area contributed by atoms with Crippen molar-refractivity contribution in [2.24, 2.45) is 0 Å². The van der Waals surface area contributed by atoms with E-state index in [-0.39, 0.29) is 12.1 Å². The Morgan fingerprint density at radius 3 is 1.57 bits per heavy atom. The molecule has 1 aromatic rings. The minimum absolute atomic E-state index is 0.0332. The quantitative estimate of drug-likeness (QED) is 0.750. The number of aliphatic hydroxyl groups excluding tert-OH is 1. The van der Waals surface area contributed by atoms with Crippen LogP contribution in [0.5, 0.6) is 0 Å². The number of hydrogen-bond acceptors (Lipinski definition) is 1. The minimum atomic E-state index is -6.25. The van der Waals surface area contributed by atoms with Crippen LogP contribution in [-0.4, -0.2) is 17.5 Å². The maximum Gasteiger partial charge on any atom is 0.458 e. The molecule has 0 saturated carbocycles. The molecule has 0 aromatic heterocycles. The van der Waals surface area contributed by atoms with Crippen LogP contribution in [0.1, 0.15) is 29.7 Å². The third-order valence-electron chi connectivity index (χ3n) is 2.92. The Hall–Kier alpha value is -1.52. The van der Waals surface area contributed by atoms with Gasteiger partial charge >= 0.3 is 24.2 Å². The van der Waals surface area contributed by atoms with Crippen LogP contribution >= 0.6 is 0 Å². The van der Waals surface area contributed by atoms with Gasteiger partial charge in [0.25, 0.3) is 0 Å². The summed E-state index contributed by atoms with van der Waals surface area (Å²) < 4.78 is 127. The molecule has 132 valence electrons. The molecule has 1 nitrogen and oxygen atoms in total. The van der Waals surface area contributed by atoms with E-state index in [0.29, 0.717) is 0 Å². The molecule has 0 aliphatic heterocycles. The summed E-state index contributed by atoms with van der Waals surface area (Å²) in [6.07, 6.45) is -14.4. The summed E-state index contributed by atoms with van der Waals surface area (Å²) in [5.41, 5.74) is -5.37. The molecule has 1 aromatic carbocycles. The minimum Gasteiger partial charge on any atom is -0.389 e. The number of halogens is 10. The smallest absolute Gasteiger partial charge is 0.389 e. The number of alkyl halides is 10. The zero-order valence-corrected chi connectivity index (χ0v) is 11.0. The van der Waals surface area contributed by atoms with Gasteiger partial charge in [0, 0.05) is 11.1 Å². The summed E-state index contributed by atoms with van der Waals surface area (Å²) in [4.78, 5) is 0. The fourth-order valence-electron chi connectivity index (χ4n) is 1.70. The lowest BCUT2D eigenvalue weighted by Gasteiger charge is -2.26. The maximum atomic E-state index is 13.4. The summed E-state index contributed by atoms with van der Waals surface area (Å²) in [5, 5.41) is 9.18. The van der Waals surface area contributed by atoms with Crippen LogP contribution in [0.25, 0.3) is 0 Å². The van der Waals surface area contributed by atoms with Crippen LogP contribution in [0.4, 0.5) is 43.9 Å². The lowest BCUT2D eigenvalue weighted by molar-refractivity contribution is -0.292. The van der Waals surface area contributed by atoms with Crippen molar-refractivity contribution >= 4 is 0 Å². The SMILES string of the molecule is CC(O)c1ccc(C(F)(F)C(F)(F)F)cc1C(F)(F)C(F)(F)F. The standard InChI is InChI=1S/C12H8F10O/c1-5(23)7-3-2-6(9(13,14)11(17,18)19)4-8(7)10(15,16)12(20,21)22/h2-5,23H,1H3. The second-order valence-corrected chi connectivity index (χ2v) is 4.62. The molecule has 0 heterocycles. The largest absolute Gasteiger partial charge is 0.458 e. The normalized spacial score (nSPS) is 15.7. The third kappa shape index (κ3) is 3.38. The second-order valence-electron chi connectivity index (χ2n) is 4.62. The molecule has 1 rings (SSSR count). The summed E-state index contributed by atoms with van der Waals surface area (Å²) in [6, 6.07) is -0.386. The van der Waals surface area contributed by atoms with Gasteiger partial charge in [-0.3, -0.25) is 0 Å². The first kappa shape index (κ1) is 19.5. The highest BCUT2D eigenvalue weighted by Gasteiger charge is 2.62. The average Bonchev–Trinajstić information content (AvgIpc) is 2.35. The van der Waals surface area contributed by atoms with Gasteiger partial charge in [-0.15, -0.1) is 0 Å². The van der Waals surface area contributed by atoms with Gasteiger partial charge < -0.3 is 5.11 Å². The Labute approximate surface area is 122 Å². The molecule has 23 heavy (non-hydrogen) atoms. The lowest BCUT2D eigenvalue weighted by atomic mass is 9.93. The Morgan fingerprint density at radius 2 is 1.22 bits per heavy atom. The molecule has 1 N–H and O–H groups in total.